The molecule has 0 spiro atoms. The van der Waals surface area contributed by atoms with Crippen molar-refractivity contribution in [2.45, 2.75) is 19.4 Å². The molecule has 0 saturated carbocycles. The number of nitrogens with one attached hydrogen (secondary N) is 1. The summed E-state index contributed by atoms with van der Waals surface area (Å²) in [6.07, 6.45) is 3.09. The lowest BCUT2D eigenvalue weighted by atomic mass is 10.2. The van der Waals surface area contributed by atoms with Crippen LogP contribution in [-0.4, -0.2) is 28.3 Å². The van der Waals surface area contributed by atoms with Crippen molar-refractivity contribution in [1.82, 2.24) is 15.1 Å². The zero-order valence-corrected chi connectivity index (χ0v) is 9.97. The molecule has 0 aliphatic heterocycles. The fraction of sp³-hybridized carbons (Fsp3) is 0.700. The Bertz CT molecular complexity index is 260. The van der Waals surface area contributed by atoms with Crippen molar-refractivity contribution in [2.24, 2.45) is 7.05 Å². The SMILES string of the molecule is CCCSCC(NC)c1ccnn1C. The highest BCUT2D eigenvalue weighted by molar-refractivity contribution is 7.99. The average molecular weight is 213 g/mol. The Labute approximate surface area is 90.3 Å². The van der Waals surface area contributed by atoms with Crippen molar-refractivity contribution >= 4 is 11.8 Å². The van der Waals surface area contributed by atoms with Crippen LogP contribution in [0.1, 0.15) is 25.1 Å². The van der Waals surface area contributed by atoms with E-state index in [0.29, 0.717) is 6.04 Å². The van der Waals surface area contributed by atoms with Crippen LogP contribution in [0.2, 0.25) is 0 Å². The van der Waals surface area contributed by atoms with Crippen molar-refractivity contribution in [3.05, 3.63) is 18.0 Å². The highest BCUT2D eigenvalue weighted by atomic mass is 32.2. The van der Waals surface area contributed by atoms with E-state index >= 15 is 0 Å². The molecule has 0 aliphatic rings. The number of hydrogen-bond donors (Lipinski definition) is 1. The summed E-state index contributed by atoms with van der Waals surface area (Å²) in [4.78, 5) is 0. The summed E-state index contributed by atoms with van der Waals surface area (Å²) in [5.41, 5.74) is 1.26. The minimum atomic E-state index is 0.416. The highest BCUT2D eigenvalue weighted by Gasteiger charge is 2.11. The average Bonchev–Trinajstić information content (AvgIpc) is 2.60. The van der Waals surface area contributed by atoms with Gasteiger partial charge in [-0.1, -0.05) is 6.92 Å². The van der Waals surface area contributed by atoms with Crippen LogP contribution >= 0.6 is 11.8 Å². The molecule has 1 aromatic heterocycles. The van der Waals surface area contributed by atoms with Crippen molar-refractivity contribution in [2.75, 3.05) is 18.6 Å². The maximum atomic E-state index is 4.18. The molecule has 4 heteroatoms. The molecule has 1 heterocycles. The van der Waals surface area contributed by atoms with E-state index in [0.717, 1.165) is 5.75 Å². The maximum absolute atomic E-state index is 4.18. The number of hydrogen-bond acceptors (Lipinski definition) is 3. The van der Waals surface area contributed by atoms with Crippen LogP contribution in [0.3, 0.4) is 0 Å². The summed E-state index contributed by atoms with van der Waals surface area (Å²) >= 11 is 1.99. The van der Waals surface area contributed by atoms with Gasteiger partial charge in [0, 0.05) is 19.0 Å². The molecule has 0 aliphatic carbocycles. The Morgan fingerprint density at radius 2 is 2.43 bits per heavy atom. The Morgan fingerprint density at radius 1 is 1.64 bits per heavy atom. The molecule has 0 aromatic carbocycles. The molecular formula is C10H19N3S. The van der Waals surface area contributed by atoms with Gasteiger partial charge in [-0.15, -0.1) is 0 Å². The first kappa shape index (κ1) is 11.6. The van der Waals surface area contributed by atoms with Gasteiger partial charge in [-0.25, -0.2) is 0 Å². The molecule has 0 amide bonds. The standard InChI is InChI=1S/C10H19N3S/c1-4-7-14-8-9(11-2)10-5-6-12-13(10)3/h5-6,9,11H,4,7-8H2,1-3H3. The van der Waals surface area contributed by atoms with Gasteiger partial charge in [0.1, 0.15) is 0 Å². The van der Waals surface area contributed by atoms with Gasteiger partial charge in [0.2, 0.25) is 0 Å². The lowest BCUT2D eigenvalue weighted by molar-refractivity contribution is 0.586. The summed E-state index contributed by atoms with van der Waals surface area (Å²) in [7, 11) is 3.99. The van der Waals surface area contributed by atoms with Gasteiger partial charge >= 0.3 is 0 Å². The molecule has 0 fully saturated rings. The second-order valence-corrected chi connectivity index (χ2v) is 4.45. The number of rotatable bonds is 6. The topological polar surface area (TPSA) is 29.9 Å². The molecule has 14 heavy (non-hydrogen) atoms. The van der Waals surface area contributed by atoms with Crippen molar-refractivity contribution in [1.29, 1.82) is 0 Å². The van der Waals surface area contributed by atoms with E-state index in [9.17, 15) is 0 Å². The Hall–Kier alpha value is -0.480. The fourth-order valence-electron chi connectivity index (χ4n) is 1.39. The molecule has 0 bridgehead atoms. The second kappa shape index (κ2) is 6.09. The first-order valence-corrected chi connectivity index (χ1v) is 6.18. The van der Waals surface area contributed by atoms with E-state index in [1.165, 1.54) is 17.9 Å². The fourth-order valence-corrected chi connectivity index (χ4v) is 2.42. The van der Waals surface area contributed by atoms with Gasteiger partial charge in [-0.05, 0) is 25.3 Å². The van der Waals surface area contributed by atoms with Crippen LogP contribution in [0.15, 0.2) is 12.3 Å². The summed E-state index contributed by atoms with van der Waals surface area (Å²) < 4.78 is 1.94. The molecule has 1 rings (SSSR count). The number of thioether (sulfide) groups is 1. The largest absolute Gasteiger partial charge is 0.311 e. The Balaban J connectivity index is 2.50. The van der Waals surface area contributed by atoms with E-state index in [2.05, 4.69) is 23.4 Å². The molecule has 0 radical (unpaired) electrons. The summed E-state index contributed by atoms with van der Waals surface area (Å²) in [5.74, 6) is 2.35. The van der Waals surface area contributed by atoms with Crippen LogP contribution in [0, 0.1) is 0 Å². The zero-order valence-electron chi connectivity index (χ0n) is 9.16. The lowest BCUT2D eigenvalue weighted by Gasteiger charge is -2.15. The molecule has 80 valence electrons. The third kappa shape index (κ3) is 3.03. The summed E-state index contributed by atoms with van der Waals surface area (Å²) in [5, 5.41) is 7.50. The molecule has 1 N–H and O–H groups in total. The van der Waals surface area contributed by atoms with Gasteiger partial charge < -0.3 is 5.32 Å². The second-order valence-electron chi connectivity index (χ2n) is 3.30. The van der Waals surface area contributed by atoms with Gasteiger partial charge in [0.05, 0.1) is 11.7 Å². The molecule has 1 unspecified atom stereocenters. The van der Waals surface area contributed by atoms with Crippen LogP contribution in [0.4, 0.5) is 0 Å². The minimum Gasteiger partial charge on any atom is -0.311 e. The van der Waals surface area contributed by atoms with E-state index in [1.54, 1.807) is 0 Å². The predicted octanol–water partition coefficient (Wildman–Crippen LogP) is 1.82. The third-order valence-electron chi connectivity index (χ3n) is 2.20. The van der Waals surface area contributed by atoms with Gasteiger partial charge in [-0.2, -0.15) is 16.9 Å². The summed E-state index contributed by atoms with van der Waals surface area (Å²) in [6.45, 7) is 2.21. The Kier molecular flexibility index (Phi) is 5.04. The molecule has 0 saturated heterocycles. The number of nitrogens with zero attached hydrogens (tertiary/aromatic N) is 2. The minimum absolute atomic E-state index is 0.416. The van der Waals surface area contributed by atoms with Gasteiger partial charge in [0.15, 0.2) is 0 Å². The molecule has 3 nitrogen and oxygen atoms in total. The Morgan fingerprint density at radius 3 is 2.93 bits per heavy atom. The lowest BCUT2D eigenvalue weighted by Crippen LogP contribution is -2.21. The van der Waals surface area contributed by atoms with Crippen molar-refractivity contribution < 1.29 is 0 Å². The normalized spacial score (nSPS) is 13.1. The first-order chi connectivity index (χ1) is 6.79. The highest BCUT2D eigenvalue weighted by Crippen LogP contribution is 2.17. The smallest absolute Gasteiger partial charge is 0.0581 e. The monoisotopic (exact) mass is 213 g/mol. The van der Waals surface area contributed by atoms with E-state index in [4.69, 9.17) is 0 Å². The first-order valence-electron chi connectivity index (χ1n) is 5.02. The van der Waals surface area contributed by atoms with Crippen LogP contribution in [0.5, 0.6) is 0 Å². The predicted molar refractivity (Wildman–Crippen MR) is 62.6 cm³/mol. The number of aryl methyl sites for hydroxylation is 1. The maximum Gasteiger partial charge on any atom is 0.0581 e. The van der Waals surface area contributed by atoms with Gasteiger partial charge in [-0.3, -0.25) is 4.68 Å². The van der Waals surface area contributed by atoms with E-state index in [1.807, 2.05) is 36.7 Å². The summed E-state index contributed by atoms with van der Waals surface area (Å²) in [6, 6.07) is 2.49. The molecule has 1 aromatic rings. The van der Waals surface area contributed by atoms with Crippen LogP contribution in [0.25, 0.3) is 0 Å². The van der Waals surface area contributed by atoms with Crippen molar-refractivity contribution in [3.63, 3.8) is 0 Å². The number of aromatic nitrogens is 2. The van der Waals surface area contributed by atoms with Crippen LogP contribution in [-0.2, 0) is 7.05 Å². The quantitative estimate of drug-likeness (QED) is 0.731. The zero-order chi connectivity index (χ0) is 10.4. The molecule has 1 atom stereocenters. The van der Waals surface area contributed by atoms with E-state index in [-0.39, 0.29) is 0 Å². The third-order valence-corrected chi connectivity index (χ3v) is 3.46. The van der Waals surface area contributed by atoms with Crippen LogP contribution < -0.4 is 5.32 Å². The molecular weight excluding hydrogens is 194 g/mol. The van der Waals surface area contributed by atoms with Gasteiger partial charge in [0.25, 0.3) is 0 Å². The van der Waals surface area contributed by atoms with Crippen molar-refractivity contribution in [3.8, 4) is 0 Å². The van der Waals surface area contributed by atoms with E-state index < -0.39 is 0 Å².